The monoisotopic (exact) mass is 374 g/mol. The molecule has 0 unspecified atom stereocenters. The van der Waals surface area contributed by atoms with E-state index in [1.54, 1.807) is 18.2 Å². The molecule has 0 heterocycles. The summed E-state index contributed by atoms with van der Waals surface area (Å²) >= 11 is 6.13. The van der Waals surface area contributed by atoms with Gasteiger partial charge in [0.05, 0.1) is 23.4 Å². The quantitative estimate of drug-likeness (QED) is 0.731. The first-order valence-corrected chi connectivity index (χ1v) is 8.69. The van der Waals surface area contributed by atoms with Crippen LogP contribution in [-0.4, -0.2) is 25.5 Å². The van der Waals surface area contributed by atoms with E-state index in [0.29, 0.717) is 22.8 Å². The molecular formula is C20H23ClN2O3. The maximum absolute atomic E-state index is 12.2. The number of anilines is 2. The lowest BCUT2D eigenvalue weighted by Crippen LogP contribution is -2.17. The van der Waals surface area contributed by atoms with E-state index in [1.165, 1.54) is 12.7 Å². The molecule has 2 rings (SSSR count). The number of aryl methyl sites for hydroxylation is 3. The van der Waals surface area contributed by atoms with E-state index in [1.807, 2.05) is 32.9 Å². The van der Waals surface area contributed by atoms with Crippen LogP contribution in [0.4, 0.5) is 11.4 Å². The van der Waals surface area contributed by atoms with Crippen molar-refractivity contribution in [3.05, 3.63) is 57.6 Å². The average molecular weight is 375 g/mol. The Morgan fingerprint density at radius 2 is 1.73 bits per heavy atom. The van der Waals surface area contributed by atoms with E-state index in [9.17, 15) is 9.59 Å². The highest BCUT2D eigenvalue weighted by Gasteiger charge is 2.11. The maximum atomic E-state index is 12.2. The van der Waals surface area contributed by atoms with E-state index in [0.717, 1.165) is 16.8 Å². The van der Waals surface area contributed by atoms with Crippen LogP contribution in [0.1, 0.15) is 33.5 Å². The first-order chi connectivity index (χ1) is 12.3. The number of rotatable bonds is 6. The number of benzene rings is 2. The molecule has 6 heteroatoms. The van der Waals surface area contributed by atoms with Gasteiger partial charge in [-0.25, -0.2) is 4.79 Å². The lowest BCUT2D eigenvalue weighted by Gasteiger charge is -2.14. The Morgan fingerprint density at radius 1 is 1.08 bits per heavy atom. The first-order valence-electron chi connectivity index (χ1n) is 8.31. The van der Waals surface area contributed by atoms with Crippen molar-refractivity contribution in [3.8, 4) is 0 Å². The second kappa shape index (κ2) is 8.72. The van der Waals surface area contributed by atoms with Crippen molar-refractivity contribution in [2.75, 3.05) is 24.3 Å². The third-order valence-electron chi connectivity index (χ3n) is 4.00. The second-order valence-electron chi connectivity index (χ2n) is 6.18. The Hall–Kier alpha value is -2.53. The van der Waals surface area contributed by atoms with Gasteiger partial charge in [-0.2, -0.15) is 0 Å². The standard InChI is InChI=1S/C20H23ClN2O3/c1-12-9-13(2)19(14(3)10-12)23-18(24)7-8-22-17-11-15(20(25)26-4)5-6-16(17)21/h5-6,9-11,22H,7-8H2,1-4H3,(H,23,24). The predicted octanol–water partition coefficient (Wildman–Crippen LogP) is 4.49. The lowest BCUT2D eigenvalue weighted by molar-refractivity contribution is -0.116. The molecule has 0 aromatic heterocycles. The molecule has 0 aliphatic heterocycles. The maximum Gasteiger partial charge on any atom is 0.337 e. The minimum Gasteiger partial charge on any atom is -0.465 e. The van der Waals surface area contributed by atoms with E-state index in [-0.39, 0.29) is 12.3 Å². The molecule has 0 radical (unpaired) electrons. The van der Waals surface area contributed by atoms with Gasteiger partial charge in [-0.15, -0.1) is 0 Å². The summed E-state index contributed by atoms with van der Waals surface area (Å²) in [4.78, 5) is 23.8. The number of carbonyl (C=O) groups excluding carboxylic acids is 2. The van der Waals surface area contributed by atoms with Crippen LogP contribution < -0.4 is 10.6 Å². The predicted molar refractivity (Wildman–Crippen MR) is 105 cm³/mol. The fourth-order valence-electron chi connectivity index (χ4n) is 2.80. The van der Waals surface area contributed by atoms with Crippen LogP contribution in [0, 0.1) is 20.8 Å². The molecule has 0 bridgehead atoms. The molecule has 5 nitrogen and oxygen atoms in total. The third kappa shape index (κ3) is 4.99. The molecule has 138 valence electrons. The van der Waals surface area contributed by atoms with Crippen LogP contribution in [0.3, 0.4) is 0 Å². The third-order valence-corrected chi connectivity index (χ3v) is 4.33. The van der Waals surface area contributed by atoms with Gasteiger partial charge in [0, 0.05) is 18.7 Å². The van der Waals surface area contributed by atoms with Gasteiger partial charge in [0.15, 0.2) is 0 Å². The summed E-state index contributed by atoms with van der Waals surface area (Å²) in [5.74, 6) is -0.527. The van der Waals surface area contributed by atoms with Gasteiger partial charge < -0.3 is 15.4 Å². The molecule has 0 aliphatic carbocycles. The zero-order valence-electron chi connectivity index (χ0n) is 15.4. The minimum atomic E-state index is -0.437. The Morgan fingerprint density at radius 3 is 2.35 bits per heavy atom. The summed E-state index contributed by atoms with van der Waals surface area (Å²) in [6.45, 7) is 6.37. The Labute approximate surface area is 158 Å². The molecule has 2 N–H and O–H groups in total. The fraction of sp³-hybridized carbons (Fsp3) is 0.300. The number of ether oxygens (including phenoxy) is 1. The van der Waals surface area contributed by atoms with Crippen molar-refractivity contribution < 1.29 is 14.3 Å². The van der Waals surface area contributed by atoms with E-state index >= 15 is 0 Å². The zero-order valence-corrected chi connectivity index (χ0v) is 16.2. The van der Waals surface area contributed by atoms with Gasteiger partial charge in [-0.05, 0) is 50.1 Å². The van der Waals surface area contributed by atoms with Gasteiger partial charge in [0.25, 0.3) is 0 Å². The van der Waals surface area contributed by atoms with Crippen molar-refractivity contribution >= 4 is 34.9 Å². The summed E-state index contributed by atoms with van der Waals surface area (Å²) in [6, 6.07) is 8.91. The van der Waals surface area contributed by atoms with Gasteiger partial charge in [-0.3, -0.25) is 4.79 Å². The number of methoxy groups -OCH3 is 1. The summed E-state index contributed by atoms with van der Waals surface area (Å²) < 4.78 is 4.70. The molecule has 0 fully saturated rings. The topological polar surface area (TPSA) is 67.4 Å². The van der Waals surface area contributed by atoms with Crippen LogP contribution in [-0.2, 0) is 9.53 Å². The summed E-state index contributed by atoms with van der Waals surface area (Å²) in [5.41, 5.74) is 5.08. The number of amides is 1. The van der Waals surface area contributed by atoms with E-state index in [4.69, 9.17) is 16.3 Å². The molecule has 1 amide bonds. The van der Waals surface area contributed by atoms with E-state index in [2.05, 4.69) is 10.6 Å². The number of hydrogen-bond acceptors (Lipinski definition) is 4. The molecule has 0 saturated heterocycles. The number of hydrogen-bond donors (Lipinski definition) is 2. The van der Waals surface area contributed by atoms with Crippen LogP contribution in [0.15, 0.2) is 30.3 Å². The Bertz CT molecular complexity index is 811. The van der Waals surface area contributed by atoms with Crippen LogP contribution in [0.25, 0.3) is 0 Å². The van der Waals surface area contributed by atoms with Gasteiger partial charge >= 0.3 is 5.97 Å². The van der Waals surface area contributed by atoms with Crippen molar-refractivity contribution in [3.63, 3.8) is 0 Å². The Kier molecular flexibility index (Phi) is 6.64. The lowest BCUT2D eigenvalue weighted by atomic mass is 10.1. The van der Waals surface area contributed by atoms with Gasteiger partial charge in [0.1, 0.15) is 0 Å². The molecule has 2 aromatic carbocycles. The molecular weight excluding hydrogens is 352 g/mol. The van der Waals surface area contributed by atoms with Crippen LogP contribution >= 0.6 is 11.6 Å². The van der Waals surface area contributed by atoms with Crippen molar-refractivity contribution in [2.45, 2.75) is 27.2 Å². The molecule has 0 saturated carbocycles. The molecule has 0 spiro atoms. The highest BCUT2D eigenvalue weighted by molar-refractivity contribution is 6.33. The number of halogens is 1. The molecule has 26 heavy (non-hydrogen) atoms. The minimum absolute atomic E-state index is 0.0900. The smallest absolute Gasteiger partial charge is 0.337 e. The van der Waals surface area contributed by atoms with Crippen LogP contribution in [0.2, 0.25) is 5.02 Å². The highest BCUT2D eigenvalue weighted by atomic mass is 35.5. The van der Waals surface area contributed by atoms with E-state index < -0.39 is 5.97 Å². The van der Waals surface area contributed by atoms with Crippen molar-refractivity contribution in [1.82, 2.24) is 0 Å². The SMILES string of the molecule is COC(=O)c1ccc(Cl)c(NCCC(=O)Nc2c(C)cc(C)cc2C)c1. The number of esters is 1. The summed E-state index contributed by atoms with van der Waals surface area (Å²) in [7, 11) is 1.32. The number of nitrogens with one attached hydrogen (secondary N) is 2. The molecule has 2 aromatic rings. The molecule has 0 aliphatic rings. The first kappa shape index (κ1) is 19.8. The van der Waals surface area contributed by atoms with Gasteiger partial charge in [0.2, 0.25) is 5.91 Å². The van der Waals surface area contributed by atoms with Crippen molar-refractivity contribution in [1.29, 1.82) is 0 Å². The summed E-state index contributed by atoms with van der Waals surface area (Å²) in [6.07, 6.45) is 0.269. The number of carbonyl (C=O) groups is 2. The highest BCUT2D eigenvalue weighted by Crippen LogP contribution is 2.24. The zero-order chi connectivity index (χ0) is 19.3. The normalized spacial score (nSPS) is 10.3. The molecule has 0 atom stereocenters. The Balaban J connectivity index is 1.96. The van der Waals surface area contributed by atoms with Gasteiger partial charge in [-0.1, -0.05) is 29.3 Å². The van der Waals surface area contributed by atoms with Crippen molar-refractivity contribution in [2.24, 2.45) is 0 Å². The largest absolute Gasteiger partial charge is 0.465 e. The average Bonchev–Trinajstić information content (AvgIpc) is 2.59. The van der Waals surface area contributed by atoms with Crippen LogP contribution in [0.5, 0.6) is 0 Å². The summed E-state index contributed by atoms with van der Waals surface area (Å²) in [5, 5.41) is 6.52. The fourth-order valence-corrected chi connectivity index (χ4v) is 2.98. The second-order valence-corrected chi connectivity index (χ2v) is 6.59.